The van der Waals surface area contributed by atoms with Crippen molar-refractivity contribution < 1.29 is 9.90 Å². The van der Waals surface area contributed by atoms with E-state index < -0.39 is 11.9 Å². The zero-order chi connectivity index (χ0) is 11.5. The molecule has 0 spiro atoms. The maximum atomic E-state index is 11.0. The van der Waals surface area contributed by atoms with Crippen LogP contribution in [0, 0.1) is 11.3 Å². The van der Waals surface area contributed by atoms with Crippen molar-refractivity contribution in [3.05, 3.63) is 6.33 Å². The second-order valence-corrected chi connectivity index (χ2v) is 4.83. The maximum absolute atomic E-state index is 11.0. The fourth-order valence-electron chi connectivity index (χ4n) is 1.46. The Bertz CT molecular complexity index is 315. The Labute approximate surface area is 88.3 Å². The van der Waals surface area contributed by atoms with Gasteiger partial charge < -0.3 is 5.11 Å². The maximum Gasteiger partial charge on any atom is 0.308 e. The summed E-state index contributed by atoms with van der Waals surface area (Å²) in [6, 6.07) is 0. The van der Waals surface area contributed by atoms with Gasteiger partial charge in [0.25, 0.3) is 0 Å². The van der Waals surface area contributed by atoms with Crippen LogP contribution in [0.15, 0.2) is 6.33 Å². The summed E-state index contributed by atoms with van der Waals surface area (Å²) in [7, 11) is 0. The minimum absolute atomic E-state index is 0.0168. The second kappa shape index (κ2) is 4.37. The van der Waals surface area contributed by atoms with E-state index in [4.69, 9.17) is 5.11 Å². The van der Waals surface area contributed by atoms with Gasteiger partial charge in [0.15, 0.2) is 0 Å². The topological polar surface area (TPSA) is 80.9 Å². The van der Waals surface area contributed by atoms with Crippen molar-refractivity contribution in [1.29, 1.82) is 0 Å². The van der Waals surface area contributed by atoms with E-state index in [1.54, 1.807) is 0 Å². The number of carbonyl (C=O) groups is 1. The summed E-state index contributed by atoms with van der Waals surface area (Å²) in [6.07, 6.45) is 2.03. The third kappa shape index (κ3) is 4.05. The first-order valence-corrected chi connectivity index (χ1v) is 4.82. The van der Waals surface area contributed by atoms with Crippen LogP contribution in [0.25, 0.3) is 0 Å². The lowest BCUT2D eigenvalue weighted by Crippen LogP contribution is -2.25. The Balaban J connectivity index is 2.63. The van der Waals surface area contributed by atoms with Gasteiger partial charge in [-0.05, 0) is 22.3 Å². The molecule has 1 unspecified atom stereocenters. The second-order valence-electron chi connectivity index (χ2n) is 4.83. The SMILES string of the molecule is CC(C)(C)CC(Cn1cnnn1)C(=O)O. The summed E-state index contributed by atoms with van der Waals surface area (Å²) in [4.78, 5) is 11.0. The van der Waals surface area contributed by atoms with Crippen LogP contribution in [0.3, 0.4) is 0 Å². The van der Waals surface area contributed by atoms with Crippen LogP contribution >= 0.6 is 0 Å². The summed E-state index contributed by atoms with van der Waals surface area (Å²) in [6.45, 7) is 6.37. The van der Waals surface area contributed by atoms with Crippen molar-refractivity contribution in [3.63, 3.8) is 0 Å². The lowest BCUT2D eigenvalue weighted by atomic mass is 9.84. The monoisotopic (exact) mass is 212 g/mol. The Hall–Kier alpha value is -1.46. The van der Waals surface area contributed by atoms with Crippen LogP contribution in [-0.2, 0) is 11.3 Å². The molecule has 0 fully saturated rings. The number of tetrazole rings is 1. The first-order valence-electron chi connectivity index (χ1n) is 4.82. The minimum atomic E-state index is -0.805. The number of nitrogens with zero attached hydrogens (tertiary/aromatic N) is 4. The molecule has 1 rings (SSSR count). The van der Waals surface area contributed by atoms with Crippen LogP contribution in [-0.4, -0.2) is 31.3 Å². The standard InChI is InChI=1S/C9H16N4O2/c1-9(2,3)4-7(8(14)15)5-13-6-10-11-12-13/h6-7H,4-5H2,1-3H3,(H,14,15). The van der Waals surface area contributed by atoms with Crippen molar-refractivity contribution in [2.24, 2.45) is 11.3 Å². The van der Waals surface area contributed by atoms with Gasteiger partial charge in [-0.3, -0.25) is 4.79 Å². The summed E-state index contributed by atoms with van der Waals surface area (Å²) < 4.78 is 1.45. The van der Waals surface area contributed by atoms with Gasteiger partial charge in [-0.1, -0.05) is 20.8 Å². The molecule has 0 aliphatic carbocycles. The number of carboxylic acids is 1. The minimum Gasteiger partial charge on any atom is -0.481 e. The third-order valence-electron chi connectivity index (χ3n) is 2.01. The Morgan fingerprint density at radius 1 is 1.53 bits per heavy atom. The van der Waals surface area contributed by atoms with E-state index in [0.29, 0.717) is 13.0 Å². The fraction of sp³-hybridized carbons (Fsp3) is 0.778. The smallest absolute Gasteiger partial charge is 0.308 e. The van der Waals surface area contributed by atoms with Crippen molar-refractivity contribution in [2.75, 3.05) is 0 Å². The molecule has 1 N–H and O–H groups in total. The van der Waals surface area contributed by atoms with Crippen molar-refractivity contribution >= 4 is 5.97 Å². The number of hydrogen-bond acceptors (Lipinski definition) is 4. The number of hydrogen-bond donors (Lipinski definition) is 1. The zero-order valence-electron chi connectivity index (χ0n) is 9.21. The molecule has 0 aliphatic rings. The van der Waals surface area contributed by atoms with Gasteiger partial charge in [-0.15, -0.1) is 5.10 Å². The van der Waals surface area contributed by atoms with E-state index in [9.17, 15) is 4.79 Å². The Morgan fingerprint density at radius 3 is 2.60 bits per heavy atom. The molecular weight excluding hydrogens is 196 g/mol. The molecule has 0 saturated heterocycles. The van der Waals surface area contributed by atoms with Crippen LogP contribution in [0.1, 0.15) is 27.2 Å². The Kier molecular flexibility index (Phi) is 3.39. The molecule has 15 heavy (non-hydrogen) atoms. The summed E-state index contributed by atoms with van der Waals surface area (Å²) in [5.41, 5.74) is -0.0168. The van der Waals surface area contributed by atoms with Gasteiger partial charge in [-0.25, -0.2) is 4.68 Å². The van der Waals surface area contributed by atoms with Crippen LogP contribution in [0.5, 0.6) is 0 Å². The number of aliphatic carboxylic acids is 1. The number of aromatic nitrogens is 4. The third-order valence-corrected chi connectivity index (χ3v) is 2.01. The predicted molar refractivity (Wildman–Crippen MR) is 53.0 cm³/mol. The average molecular weight is 212 g/mol. The van der Waals surface area contributed by atoms with Gasteiger partial charge in [0, 0.05) is 0 Å². The zero-order valence-corrected chi connectivity index (χ0v) is 9.21. The largest absolute Gasteiger partial charge is 0.481 e. The average Bonchev–Trinajstić information content (AvgIpc) is 2.52. The van der Waals surface area contributed by atoms with Crippen molar-refractivity contribution in [3.8, 4) is 0 Å². The van der Waals surface area contributed by atoms with Crippen LogP contribution in [0.2, 0.25) is 0 Å². The molecule has 1 atom stereocenters. The van der Waals surface area contributed by atoms with E-state index in [-0.39, 0.29) is 5.41 Å². The van der Waals surface area contributed by atoms with E-state index in [0.717, 1.165) is 0 Å². The number of rotatable bonds is 4. The molecule has 6 heteroatoms. The fourth-order valence-corrected chi connectivity index (χ4v) is 1.46. The van der Waals surface area contributed by atoms with E-state index in [2.05, 4.69) is 15.5 Å². The molecule has 0 radical (unpaired) electrons. The molecule has 0 aliphatic heterocycles. The first kappa shape index (κ1) is 11.6. The van der Waals surface area contributed by atoms with E-state index in [1.165, 1.54) is 11.0 Å². The quantitative estimate of drug-likeness (QED) is 0.798. The van der Waals surface area contributed by atoms with Crippen molar-refractivity contribution in [2.45, 2.75) is 33.7 Å². The van der Waals surface area contributed by atoms with E-state index >= 15 is 0 Å². The van der Waals surface area contributed by atoms with Gasteiger partial charge in [0.1, 0.15) is 6.33 Å². The summed E-state index contributed by atoms with van der Waals surface area (Å²) in [5, 5.41) is 19.7. The van der Waals surface area contributed by atoms with Crippen molar-refractivity contribution in [1.82, 2.24) is 20.2 Å². The molecule has 0 aromatic carbocycles. The molecule has 0 amide bonds. The first-order chi connectivity index (χ1) is 6.88. The van der Waals surface area contributed by atoms with Gasteiger partial charge >= 0.3 is 5.97 Å². The van der Waals surface area contributed by atoms with Gasteiger partial charge in [0.2, 0.25) is 0 Å². The number of carboxylic acid groups (broad SMARTS) is 1. The van der Waals surface area contributed by atoms with E-state index in [1.807, 2.05) is 20.8 Å². The molecule has 84 valence electrons. The summed E-state index contributed by atoms with van der Waals surface area (Å²) in [5.74, 6) is -1.26. The molecule has 1 heterocycles. The molecular formula is C9H16N4O2. The van der Waals surface area contributed by atoms with Gasteiger partial charge in [0.05, 0.1) is 12.5 Å². The molecule has 0 bridgehead atoms. The lowest BCUT2D eigenvalue weighted by molar-refractivity contribution is -0.143. The molecule has 0 saturated carbocycles. The highest BCUT2D eigenvalue weighted by molar-refractivity contribution is 5.69. The highest BCUT2D eigenvalue weighted by Crippen LogP contribution is 2.25. The molecule has 1 aromatic heterocycles. The Morgan fingerprint density at radius 2 is 2.20 bits per heavy atom. The summed E-state index contributed by atoms with van der Waals surface area (Å²) >= 11 is 0. The van der Waals surface area contributed by atoms with Crippen LogP contribution < -0.4 is 0 Å². The highest BCUT2D eigenvalue weighted by atomic mass is 16.4. The molecule has 1 aromatic rings. The van der Waals surface area contributed by atoms with Crippen LogP contribution in [0.4, 0.5) is 0 Å². The molecule has 6 nitrogen and oxygen atoms in total. The normalized spacial score (nSPS) is 13.8. The highest BCUT2D eigenvalue weighted by Gasteiger charge is 2.25. The predicted octanol–water partition coefficient (Wildman–Crippen LogP) is 0.810. The van der Waals surface area contributed by atoms with Gasteiger partial charge in [-0.2, -0.15) is 0 Å². The lowest BCUT2D eigenvalue weighted by Gasteiger charge is -2.22.